The molecule has 1 aliphatic heterocycles. The van der Waals surface area contributed by atoms with Crippen LogP contribution in [0.3, 0.4) is 0 Å². The maximum atomic E-state index is 11.8. The van der Waals surface area contributed by atoms with Crippen molar-refractivity contribution in [3.05, 3.63) is 45.0 Å². The summed E-state index contributed by atoms with van der Waals surface area (Å²) in [6, 6.07) is 7.98. The Labute approximate surface area is 205 Å². The summed E-state index contributed by atoms with van der Waals surface area (Å²) in [4.78, 5) is 24.7. The maximum Gasteiger partial charge on any atom is 0.249 e. The second-order valence-electron chi connectivity index (χ2n) is 7.18. The van der Waals surface area contributed by atoms with Crippen molar-refractivity contribution in [2.75, 3.05) is 12.4 Å². The average Bonchev–Trinajstić information content (AvgIpc) is 3.32. The lowest BCUT2D eigenvalue weighted by atomic mass is 10.1. The Balaban J connectivity index is 1.62. The highest BCUT2D eigenvalue weighted by atomic mass is 127. The molecule has 0 spiro atoms. The van der Waals surface area contributed by atoms with Gasteiger partial charge in [-0.25, -0.2) is 4.98 Å². The summed E-state index contributed by atoms with van der Waals surface area (Å²) in [5, 5.41) is 35.2. The lowest BCUT2D eigenvalue weighted by Gasteiger charge is -2.19. The molecule has 170 valence electrons. The number of fused-ring (bicyclic) bond motifs is 1. The van der Waals surface area contributed by atoms with Gasteiger partial charge in [-0.1, -0.05) is 12.1 Å². The first-order valence-electron chi connectivity index (χ1n) is 9.59. The van der Waals surface area contributed by atoms with E-state index in [0.29, 0.717) is 23.5 Å². The Morgan fingerprint density at radius 1 is 1.34 bits per heavy atom. The molecule has 1 amide bonds. The van der Waals surface area contributed by atoms with E-state index in [1.807, 2.05) is 24.3 Å². The minimum atomic E-state index is -1.49. The summed E-state index contributed by atoms with van der Waals surface area (Å²) in [5.74, 6) is -0.213. The minimum Gasteiger partial charge on any atom is -0.389 e. The van der Waals surface area contributed by atoms with E-state index in [0.717, 1.165) is 20.9 Å². The normalized spacial score (nSPS) is 23.9. The summed E-state index contributed by atoms with van der Waals surface area (Å²) in [7, 11) is 1.39. The van der Waals surface area contributed by atoms with Gasteiger partial charge >= 0.3 is 0 Å². The van der Waals surface area contributed by atoms with Crippen LogP contribution in [0.2, 0.25) is 5.28 Å². The van der Waals surface area contributed by atoms with Crippen molar-refractivity contribution < 1.29 is 20.1 Å². The van der Waals surface area contributed by atoms with Gasteiger partial charge in [-0.15, -0.1) is 11.8 Å². The highest BCUT2D eigenvalue weighted by Gasteiger charge is 2.48. The number of imidazole rings is 1. The molecule has 4 rings (SSSR count). The number of benzene rings is 1. The third-order valence-corrected chi connectivity index (χ3v) is 7.59. The quantitative estimate of drug-likeness (QED) is 0.211. The van der Waals surface area contributed by atoms with E-state index in [-0.39, 0.29) is 5.28 Å². The third-order valence-electron chi connectivity index (χ3n) is 5.12. The summed E-state index contributed by atoms with van der Waals surface area (Å²) < 4.78 is 2.67. The number of halogens is 2. The molecule has 1 aliphatic rings. The largest absolute Gasteiger partial charge is 0.389 e. The number of aliphatic hydroxyl groups is 3. The van der Waals surface area contributed by atoms with Crippen LogP contribution in [0.5, 0.6) is 0 Å². The fourth-order valence-corrected chi connectivity index (χ4v) is 5.80. The molecule has 10 nitrogen and oxygen atoms in total. The van der Waals surface area contributed by atoms with Crippen molar-refractivity contribution in [1.29, 1.82) is 0 Å². The van der Waals surface area contributed by atoms with Gasteiger partial charge in [0.05, 0.1) is 17.7 Å². The van der Waals surface area contributed by atoms with E-state index >= 15 is 0 Å². The standard InChI is InChI=1S/C19H20ClIN6O4S/c1-22-17(31)13(30)14-11(28)12(29)18(32-14)27-7-24-10-15(25-19(20)26-16(10)27)23-6-8-3-2-4-9(21)5-8/h2-5,7,11-14,18,28-30H,6H2,1H3,(H,22,31)(H,23,25,26)/t11-,12+,13?,14-,18+/m0/s1. The van der Waals surface area contributed by atoms with Crippen LogP contribution in [0.1, 0.15) is 10.9 Å². The van der Waals surface area contributed by atoms with E-state index in [1.165, 1.54) is 13.4 Å². The SMILES string of the molecule is CNC(=O)C(O)[C@H]1S[C@@H](n2cnc3c(NCc4cccc(I)c4)nc(Cl)nc32)[C@H](O)[C@@H]1O. The number of carbonyl (C=O) groups excluding carboxylic acids is 1. The second-order valence-corrected chi connectivity index (χ2v) is 10.1. The monoisotopic (exact) mass is 590 g/mol. The van der Waals surface area contributed by atoms with Gasteiger partial charge in [0, 0.05) is 17.2 Å². The molecular weight excluding hydrogens is 571 g/mol. The molecule has 2 aromatic heterocycles. The number of thioether (sulfide) groups is 1. The number of amides is 1. The fourth-order valence-electron chi connectivity index (χ4n) is 3.51. The van der Waals surface area contributed by atoms with Gasteiger partial charge in [-0.3, -0.25) is 9.36 Å². The van der Waals surface area contributed by atoms with E-state index in [9.17, 15) is 20.1 Å². The number of anilines is 1. The van der Waals surface area contributed by atoms with E-state index in [4.69, 9.17) is 11.6 Å². The summed E-state index contributed by atoms with van der Waals surface area (Å²) in [6.45, 7) is 0.492. The number of hydrogen-bond acceptors (Lipinski definition) is 9. The molecule has 1 aromatic carbocycles. The Morgan fingerprint density at radius 2 is 2.12 bits per heavy atom. The summed E-state index contributed by atoms with van der Waals surface area (Å²) in [6.07, 6.45) is -2.61. The van der Waals surface area contributed by atoms with Gasteiger partial charge in [0.25, 0.3) is 0 Å². The number of nitrogens with zero attached hydrogens (tertiary/aromatic N) is 4. The minimum absolute atomic E-state index is 0.00984. The smallest absolute Gasteiger partial charge is 0.249 e. The van der Waals surface area contributed by atoms with Crippen LogP contribution in [0.15, 0.2) is 30.6 Å². The van der Waals surface area contributed by atoms with Gasteiger partial charge in [-0.05, 0) is 51.9 Å². The van der Waals surface area contributed by atoms with Crippen molar-refractivity contribution in [3.63, 3.8) is 0 Å². The number of likely N-dealkylation sites (N-methyl/N-ethyl adjacent to an activating group) is 1. The van der Waals surface area contributed by atoms with Crippen molar-refractivity contribution in [2.45, 2.75) is 35.5 Å². The maximum absolute atomic E-state index is 11.8. The molecule has 32 heavy (non-hydrogen) atoms. The summed E-state index contributed by atoms with van der Waals surface area (Å²) in [5.41, 5.74) is 1.85. The average molecular weight is 591 g/mol. The number of rotatable bonds is 6. The second kappa shape index (κ2) is 9.65. The predicted octanol–water partition coefficient (Wildman–Crippen LogP) is 1.14. The summed E-state index contributed by atoms with van der Waals surface area (Å²) >= 11 is 9.46. The van der Waals surface area contributed by atoms with Gasteiger partial charge in [-0.2, -0.15) is 9.97 Å². The molecule has 0 radical (unpaired) electrons. The first-order valence-corrected chi connectivity index (χ1v) is 12.0. The molecule has 1 unspecified atom stereocenters. The number of aliphatic hydroxyl groups excluding tert-OH is 3. The van der Waals surface area contributed by atoms with Gasteiger partial charge < -0.3 is 26.0 Å². The first-order chi connectivity index (χ1) is 15.3. The molecule has 5 N–H and O–H groups in total. The van der Waals surface area contributed by atoms with Crippen LogP contribution in [0.4, 0.5) is 5.82 Å². The number of aromatic nitrogens is 4. The lowest BCUT2D eigenvalue weighted by molar-refractivity contribution is -0.130. The van der Waals surface area contributed by atoms with Gasteiger partial charge in [0.15, 0.2) is 17.0 Å². The molecule has 3 aromatic rings. The Kier molecular flexibility index (Phi) is 7.07. The van der Waals surface area contributed by atoms with Crippen LogP contribution in [0.25, 0.3) is 11.2 Å². The van der Waals surface area contributed by atoms with Crippen molar-refractivity contribution >= 4 is 68.8 Å². The van der Waals surface area contributed by atoms with E-state index < -0.39 is 34.8 Å². The molecule has 0 aliphatic carbocycles. The number of nitrogens with one attached hydrogen (secondary N) is 2. The zero-order valence-corrected chi connectivity index (χ0v) is 20.4. The Bertz CT molecular complexity index is 1150. The molecular formula is C19H20ClIN6O4S. The van der Waals surface area contributed by atoms with E-state index in [1.54, 1.807) is 4.57 Å². The first kappa shape index (κ1) is 23.4. The molecule has 1 fully saturated rings. The highest BCUT2D eigenvalue weighted by molar-refractivity contribution is 14.1. The lowest BCUT2D eigenvalue weighted by Crippen LogP contribution is -2.45. The van der Waals surface area contributed by atoms with E-state index in [2.05, 4.69) is 48.2 Å². The molecule has 0 bridgehead atoms. The van der Waals surface area contributed by atoms with Gasteiger partial charge in [0.1, 0.15) is 17.6 Å². The topological polar surface area (TPSA) is 145 Å². The fraction of sp³-hybridized carbons (Fsp3) is 0.368. The van der Waals surface area contributed by atoms with Crippen molar-refractivity contribution in [2.24, 2.45) is 0 Å². The van der Waals surface area contributed by atoms with Gasteiger partial charge in [0.2, 0.25) is 11.2 Å². The highest BCUT2D eigenvalue weighted by Crippen LogP contribution is 2.44. The molecule has 5 atom stereocenters. The number of carbonyl (C=O) groups is 1. The predicted molar refractivity (Wildman–Crippen MR) is 129 cm³/mol. The molecule has 3 heterocycles. The molecule has 13 heteroatoms. The van der Waals surface area contributed by atoms with Crippen molar-refractivity contribution in [1.82, 2.24) is 24.8 Å². The third kappa shape index (κ3) is 4.52. The Hall–Kier alpha value is -1.71. The zero-order chi connectivity index (χ0) is 23.0. The van der Waals surface area contributed by atoms with Crippen LogP contribution in [-0.2, 0) is 11.3 Å². The van der Waals surface area contributed by atoms with Crippen LogP contribution in [0, 0.1) is 3.57 Å². The van der Waals surface area contributed by atoms with Crippen LogP contribution < -0.4 is 10.6 Å². The Morgan fingerprint density at radius 3 is 2.84 bits per heavy atom. The molecule has 1 saturated heterocycles. The zero-order valence-electron chi connectivity index (χ0n) is 16.7. The van der Waals surface area contributed by atoms with Crippen LogP contribution >= 0.6 is 46.0 Å². The number of hydrogen-bond donors (Lipinski definition) is 5. The molecule has 0 saturated carbocycles. The van der Waals surface area contributed by atoms with Crippen molar-refractivity contribution in [3.8, 4) is 0 Å². The van der Waals surface area contributed by atoms with Crippen LogP contribution in [-0.4, -0.2) is 71.4 Å².